The van der Waals surface area contributed by atoms with E-state index in [9.17, 15) is 0 Å². The van der Waals surface area contributed by atoms with Gasteiger partial charge in [-0.1, -0.05) is 0 Å². The summed E-state index contributed by atoms with van der Waals surface area (Å²) in [5, 5.41) is 1.95. The molecule has 2 rings (SSSR count). The van der Waals surface area contributed by atoms with Crippen LogP contribution in [0.4, 0.5) is 0 Å². The molecule has 0 aliphatic carbocycles. The Morgan fingerprint density at radius 2 is 2.18 bits per heavy atom. The smallest absolute Gasteiger partial charge is 0.138 e. The van der Waals surface area contributed by atoms with Gasteiger partial charge in [-0.15, -0.1) is 11.3 Å². The van der Waals surface area contributed by atoms with Gasteiger partial charge in [0.2, 0.25) is 0 Å². The molecule has 0 aromatic carbocycles. The van der Waals surface area contributed by atoms with Crippen molar-refractivity contribution in [2.45, 2.75) is 26.0 Å². The Hall–Kier alpha value is -1.46. The van der Waals surface area contributed by atoms with E-state index >= 15 is 0 Å². The molecule has 1 unspecified atom stereocenters. The van der Waals surface area contributed by atoms with E-state index in [0.717, 1.165) is 17.0 Å². The number of ether oxygens (including phenoxy) is 1. The van der Waals surface area contributed by atoms with Crippen LogP contribution in [0.3, 0.4) is 0 Å². The molecular weight excluding hydrogens is 234 g/mol. The average molecular weight is 249 g/mol. The summed E-state index contributed by atoms with van der Waals surface area (Å²) in [6.07, 6.45) is 3.57. The number of hydrogen-bond acceptors (Lipinski definition) is 5. The van der Waals surface area contributed by atoms with Crippen LogP contribution in [0.1, 0.15) is 31.1 Å². The lowest BCUT2D eigenvalue weighted by Crippen LogP contribution is -2.13. The largest absolute Gasteiger partial charge is 0.489 e. The van der Waals surface area contributed by atoms with E-state index in [4.69, 9.17) is 10.5 Å². The zero-order valence-electron chi connectivity index (χ0n) is 9.83. The first-order valence-electron chi connectivity index (χ1n) is 5.42. The van der Waals surface area contributed by atoms with Gasteiger partial charge in [-0.25, -0.2) is 4.98 Å². The molecule has 0 fully saturated rings. The van der Waals surface area contributed by atoms with E-state index in [1.807, 2.05) is 25.3 Å². The molecule has 4 nitrogen and oxygen atoms in total. The molecule has 1 atom stereocenters. The lowest BCUT2D eigenvalue weighted by Gasteiger charge is -2.13. The van der Waals surface area contributed by atoms with Crippen LogP contribution in [0.25, 0.3) is 0 Å². The van der Waals surface area contributed by atoms with Crippen LogP contribution >= 0.6 is 11.3 Å². The Kier molecular flexibility index (Phi) is 3.71. The van der Waals surface area contributed by atoms with Crippen molar-refractivity contribution < 1.29 is 4.74 Å². The summed E-state index contributed by atoms with van der Waals surface area (Å²) < 4.78 is 5.59. The summed E-state index contributed by atoms with van der Waals surface area (Å²) in [5.74, 6) is 0.739. The van der Waals surface area contributed by atoms with E-state index in [1.54, 1.807) is 17.9 Å². The highest BCUT2D eigenvalue weighted by Gasteiger charge is 2.12. The second-order valence-corrected chi connectivity index (χ2v) is 4.73. The lowest BCUT2D eigenvalue weighted by molar-refractivity contribution is 0.241. The quantitative estimate of drug-likeness (QED) is 0.903. The molecule has 2 N–H and O–H groups in total. The summed E-state index contributed by atoms with van der Waals surface area (Å²) in [5.41, 5.74) is 9.65. The summed E-state index contributed by atoms with van der Waals surface area (Å²) in [7, 11) is 0. The normalized spacial score (nSPS) is 12.7. The highest BCUT2D eigenvalue weighted by molar-refractivity contribution is 7.07. The van der Waals surface area contributed by atoms with Crippen LogP contribution < -0.4 is 10.5 Å². The minimum Gasteiger partial charge on any atom is -0.489 e. The third kappa shape index (κ3) is 3.01. The average Bonchev–Trinajstić information content (AvgIpc) is 2.81. The van der Waals surface area contributed by atoms with Crippen molar-refractivity contribution in [2.75, 3.05) is 0 Å². The van der Waals surface area contributed by atoms with Crippen LogP contribution in [0.5, 0.6) is 5.75 Å². The number of nitrogens with zero attached hydrogens (tertiary/aromatic N) is 2. The van der Waals surface area contributed by atoms with Crippen LogP contribution in [0, 0.1) is 0 Å². The molecule has 0 saturated heterocycles. The SMILES string of the molecule is CC(C)Oc1cncc(C(N)c2cscn2)c1. The Bertz CT molecular complexity index is 470. The maximum Gasteiger partial charge on any atom is 0.138 e. The van der Waals surface area contributed by atoms with Crippen molar-refractivity contribution in [3.05, 3.63) is 40.6 Å². The maximum absolute atomic E-state index is 6.11. The minimum atomic E-state index is -0.246. The molecule has 0 saturated carbocycles. The molecule has 2 heterocycles. The Labute approximate surface area is 104 Å². The fraction of sp³-hybridized carbons (Fsp3) is 0.333. The third-order valence-corrected chi connectivity index (χ3v) is 2.84. The van der Waals surface area contributed by atoms with Gasteiger partial charge in [-0.3, -0.25) is 4.98 Å². The zero-order chi connectivity index (χ0) is 12.3. The summed E-state index contributed by atoms with van der Waals surface area (Å²) >= 11 is 1.53. The fourth-order valence-corrected chi connectivity index (χ4v) is 2.08. The van der Waals surface area contributed by atoms with Crippen LogP contribution in [-0.4, -0.2) is 16.1 Å². The van der Waals surface area contributed by atoms with E-state index in [0.29, 0.717) is 0 Å². The maximum atomic E-state index is 6.11. The molecule has 2 aromatic rings. The monoisotopic (exact) mass is 249 g/mol. The zero-order valence-corrected chi connectivity index (χ0v) is 10.6. The number of thiazole rings is 1. The predicted octanol–water partition coefficient (Wildman–Crippen LogP) is 2.37. The summed E-state index contributed by atoms with van der Waals surface area (Å²) in [4.78, 5) is 8.35. The number of pyridine rings is 1. The number of rotatable bonds is 4. The Morgan fingerprint density at radius 3 is 2.82 bits per heavy atom. The second-order valence-electron chi connectivity index (χ2n) is 4.01. The van der Waals surface area contributed by atoms with Crippen molar-refractivity contribution in [1.82, 2.24) is 9.97 Å². The fourth-order valence-electron chi connectivity index (χ4n) is 1.49. The molecule has 0 bridgehead atoms. The number of aromatic nitrogens is 2. The van der Waals surface area contributed by atoms with E-state index < -0.39 is 0 Å². The van der Waals surface area contributed by atoms with Gasteiger partial charge in [0, 0.05) is 11.6 Å². The molecular formula is C12H15N3OS. The summed E-state index contributed by atoms with van der Waals surface area (Å²) in [6.45, 7) is 3.96. The summed E-state index contributed by atoms with van der Waals surface area (Å²) in [6, 6.07) is 1.67. The number of hydrogen-bond donors (Lipinski definition) is 1. The van der Waals surface area contributed by atoms with Gasteiger partial charge in [0.05, 0.1) is 29.5 Å². The van der Waals surface area contributed by atoms with Crippen LogP contribution in [0.15, 0.2) is 29.4 Å². The van der Waals surface area contributed by atoms with Gasteiger partial charge in [0.1, 0.15) is 5.75 Å². The van der Waals surface area contributed by atoms with Crippen LogP contribution in [-0.2, 0) is 0 Å². The van der Waals surface area contributed by atoms with E-state index in [1.165, 1.54) is 11.3 Å². The van der Waals surface area contributed by atoms with Gasteiger partial charge >= 0.3 is 0 Å². The first-order valence-corrected chi connectivity index (χ1v) is 6.36. The predicted molar refractivity (Wildman–Crippen MR) is 68.1 cm³/mol. The van der Waals surface area contributed by atoms with Crippen LogP contribution in [0.2, 0.25) is 0 Å². The van der Waals surface area contributed by atoms with Gasteiger partial charge in [-0.05, 0) is 25.5 Å². The third-order valence-electron chi connectivity index (χ3n) is 2.24. The minimum absolute atomic E-state index is 0.127. The van der Waals surface area contributed by atoms with E-state index in [2.05, 4.69) is 9.97 Å². The molecule has 17 heavy (non-hydrogen) atoms. The second kappa shape index (κ2) is 5.25. The van der Waals surface area contributed by atoms with E-state index in [-0.39, 0.29) is 12.1 Å². The van der Waals surface area contributed by atoms with Crippen molar-refractivity contribution in [3.8, 4) is 5.75 Å². The molecule has 0 spiro atoms. The van der Waals surface area contributed by atoms with Crippen molar-refractivity contribution in [2.24, 2.45) is 5.73 Å². The molecule has 5 heteroatoms. The number of nitrogens with two attached hydrogens (primary N) is 1. The molecule has 0 aliphatic heterocycles. The molecule has 0 aliphatic rings. The Morgan fingerprint density at radius 1 is 1.35 bits per heavy atom. The first kappa shape index (κ1) is 12.0. The van der Waals surface area contributed by atoms with Gasteiger partial charge < -0.3 is 10.5 Å². The first-order chi connectivity index (χ1) is 8.16. The highest BCUT2D eigenvalue weighted by Crippen LogP contribution is 2.22. The van der Waals surface area contributed by atoms with Gasteiger partial charge in [0.25, 0.3) is 0 Å². The molecule has 0 radical (unpaired) electrons. The standard InChI is InChI=1S/C12H15N3OS/c1-8(2)16-10-3-9(4-14-5-10)12(13)11-6-17-7-15-11/h3-8,12H,13H2,1-2H3. The van der Waals surface area contributed by atoms with Crippen molar-refractivity contribution >= 4 is 11.3 Å². The molecule has 90 valence electrons. The molecule has 2 aromatic heterocycles. The Balaban J connectivity index is 2.21. The topological polar surface area (TPSA) is 61.0 Å². The van der Waals surface area contributed by atoms with Crippen molar-refractivity contribution in [3.63, 3.8) is 0 Å². The van der Waals surface area contributed by atoms with Crippen molar-refractivity contribution in [1.29, 1.82) is 0 Å². The lowest BCUT2D eigenvalue weighted by atomic mass is 10.1. The van der Waals surface area contributed by atoms with Gasteiger partial charge in [0.15, 0.2) is 0 Å². The highest BCUT2D eigenvalue weighted by atomic mass is 32.1. The molecule has 0 amide bonds. The van der Waals surface area contributed by atoms with Gasteiger partial charge in [-0.2, -0.15) is 0 Å².